The van der Waals surface area contributed by atoms with E-state index >= 15 is 0 Å². The Morgan fingerprint density at radius 1 is 1.47 bits per heavy atom. The largest absolute Gasteiger partial charge is 0.379 e. The van der Waals surface area contributed by atoms with Crippen molar-refractivity contribution in [2.45, 2.75) is 13.5 Å². The Hall–Kier alpha value is -1.04. The van der Waals surface area contributed by atoms with Gasteiger partial charge in [-0.1, -0.05) is 11.6 Å². The van der Waals surface area contributed by atoms with Crippen LogP contribution in [0, 0.1) is 6.92 Å². The van der Waals surface area contributed by atoms with Crippen LogP contribution in [-0.2, 0) is 6.54 Å². The molecule has 0 saturated carbocycles. The minimum absolute atomic E-state index is 0.440. The van der Waals surface area contributed by atoms with Crippen LogP contribution in [-0.4, -0.2) is 5.91 Å². The molecule has 0 saturated heterocycles. The molecule has 0 fully saturated rings. The molecule has 1 amide bonds. The van der Waals surface area contributed by atoms with Crippen molar-refractivity contribution in [2.75, 3.05) is 5.32 Å². The predicted molar refractivity (Wildman–Crippen MR) is 84.1 cm³/mol. The maximum Gasteiger partial charge on any atom is 0.248 e. The summed E-state index contributed by atoms with van der Waals surface area (Å²) in [6, 6.07) is 7.01. The van der Waals surface area contributed by atoms with Crippen molar-refractivity contribution < 1.29 is 4.79 Å². The van der Waals surface area contributed by atoms with Crippen molar-refractivity contribution in [3.05, 3.63) is 49.1 Å². The van der Waals surface area contributed by atoms with Gasteiger partial charge in [-0.2, -0.15) is 0 Å². The van der Waals surface area contributed by atoms with Crippen LogP contribution in [0.4, 0.5) is 5.69 Å². The number of carbonyl (C=O) groups is 1. The van der Waals surface area contributed by atoms with E-state index in [0.717, 1.165) is 4.47 Å². The molecule has 1 aromatic heterocycles. The number of benzene rings is 1. The zero-order valence-corrected chi connectivity index (χ0v) is 13.3. The number of primary amides is 1. The molecule has 19 heavy (non-hydrogen) atoms. The fraction of sp³-hybridized carbons (Fsp3) is 0.154. The van der Waals surface area contributed by atoms with Gasteiger partial charge in [0.25, 0.3) is 0 Å². The predicted octanol–water partition coefficient (Wildman–Crippen LogP) is 4.18. The van der Waals surface area contributed by atoms with Crippen molar-refractivity contribution in [3.63, 3.8) is 0 Å². The molecule has 100 valence electrons. The number of hydrogen-bond donors (Lipinski definition) is 2. The molecule has 0 bridgehead atoms. The van der Waals surface area contributed by atoms with E-state index in [9.17, 15) is 4.79 Å². The minimum Gasteiger partial charge on any atom is -0.379 e. The van der Waals surface area contributed by atoms with E-state index in [1.165, 1.54) is 9.75 Å². The maximum atomic E-state index is 11.1. The van der Waals surface area contributed by atoms with Crippen molar-refractivity contribution in [3.8, 4) is 0 Å². The molecule has 3 nitrogen and oxygen atoms in total. The summed E-state index contributed by atoms with van der Waals surface area (Å²) in [5, 5.41) is 3.78. The Balaban J connectivity index is 2.14. The van der Waals surface area contributed by atoms with Crippen molar-refractivity contribution in [2.24, 2.45) is 5.73 Å². The smallest absolute Gasteiger partial charge is 0.248 e. The van der Waals surface area contributed by atoms with Gasteiger partial charge in [-0.05, 0) is 47.1 Å². The van der Waals surface area contributed by atoms with Crippen LogP contribution >= 0.6 is 38.9 Å². The Morgan fingerprint density at radius 3 is 2.79 bits per heavy atom. The molecule has 3 N–H and O–H groups in total. The summed E-state index contributed by atoms with van der Waals surface area (Å²) in [5.74, 6) is -0.463. The first-order valence-electron chi connectivity index (χ1n) is 5.55. The fourth-order valence-corrected chi connectivity index (χ4v) is 3.33. The van der Waals surface area contributed by atoms with Gasteiger partial charge >= 0.3 is 0 Å². The lowest BCUT2D eigenvalue weighted by atomic mass is 10.2. The Morgan fingerprint density at radius 2 is 2.21 bits per heavy atom. The summed E-state index contributed by atoms with van der Waals surface area (Å²) in [6.45, 7) is 2.71. The van der Waals surface area contributed by atoms with E-state index in [-0.39, 0.29) is 0 Å². The zero-order valence-electron chi connectivity index (χ0n) is 10.2. The highest BCUT2D eigenvalue weighted by molar-refractivity contribution is 9.10. The van der Waals surface area contributed by atoms with Gasteiger partial charge in [0.2, 0.25) is 5.91 Å². The van der Waals surface area contributed by atoms with E-state index in [4.69, 9.17) is 17.3 Å². The van der Waals surface area contributed by atoms with Gasteiger partial charge in [0, 0.05) is 26.3 Å². The summed E-state index contributed by atoms with van der Waals surface area (Å²) in [6.07, 6.45) is 0. The molecule has 1 heterocycles. The number of anilines is 1. The average Bonchev–Trinajstić information content (AvgIpc) is 2.67. The molecule has 0 spiro atoms. The lowest BCUT2D eigenvalue weighted by molar-refractivity contribution is 0.100. The molecule has 1 aromatic carbocycles. The zero-order chi connectivity index (χ0) is 14.0. The normalized spacial score (nSPS) is 10.5. The third-order valence-corrected chi connectivity index (χ3v) is 5.08. The van der Waals surface area contributed by atoms with E-state index in [1.807, 2.05) is 0 Å². The molecule has 0 aliphatic heterocycles. The van der Waals surface area contributed by atoms with Gasteiger partial charge in [-0.25, -0.2) is 0 Å². The fourth-order valence-electron chi connectivity index (χ4n) is 1.60. The molecular weight excluding hydrogens is 348 g/mol. The first-order chi connectivity index (χ1) is 8.97. The molecule has 2 rings (SSSR count). The van der Waals surface area contributed by atoms with Gasteiger partial charge in [0.05, 0.1) is 10.7 Å². The highest BCUT2D eigenvalue weighted by Crippen LogP contribution is 2.28. The van der Waals surface area contributed by atoms with Crippen LogP contribution < -0.4 is 11.1 Å². The lowest BCUT2D eigenvalue weighted by Gasteiger charge is -2.08. The molecule has 0 aliphatic rings. The Labute approximate surface area is 128 Å². The van der Waals surface area contributed by atoms with Crippen LogP contribution in [0.1, 0.15) is 20.1 Å². The third kappa shape index (κ3) is 3.49. The average molecular weight is 360 g/mol. The number of aryl methyl sites for hydroxylation is 1. The van der Waals surface area contributed by atoms with Crippen LogP contribution in [0.2, 0.25) is 5.02 Å². The lowest BCUT2D eigenvalue weighted by Crippen LogP contribution is -2.11. The number of hydrogen-bond acceptors (Lipinski definition) is 3. The minimum atomic E-state index is -0.463. The van der Waals surface area contributed by atoms with Crippen LogP contribution in [0.5, 0.6) is 0 Å². The van der Waals surface area contributed by atoms with Crippen molar-refractivity contribution in [1.82, 2.24) is 0 Å². The third-order valence-electron chi connectivity index (χ3n) is 2.61. The number of rotatable bonds is 4. The molecule has 0 atom stereocenters. The first-order valence-corrected chi connectivity index (χ1v) is 7.54. The maximum absolute atomic E-state index is 11.1. The topological polar surface area (TPSA) is 55.1 Å². The molecule has 0 radical (unpaired) electrons. The van der Waals surface area contributed by atoms with Gasteiger partial charge in [0.15, 0.2) is 0 Å². The highest BCUT2D eigenvalue weighted by atomic mass is 79.9. The summed E-state index contributed by atoms with van der Waals surface area (Å²) in [7, 11) is 0. The quantitative estimate of drug-likeness (QED) is 0.860. The first kappa shape index (κ1) is 14.4. The van der Waals surface area contributed by atoms with Gasteiger partial charge in [0.1, 0.15) is 0 Å². The Bertz CT molecular complexity index is 608. The van der Waals surface area contributed by atoms with E-state index in [1.54, 1.807) is 29.5 Å². The van der Waals surface area contributed by atoms with Gasteiger partial charge in [-0.3, -0.25) is 4.79 Å². The molecule has 2 aromatic rings. The number of amides is 1. The van der Waals surface area contributed by atoms with Crippen LogP contribution in [0.25, 0.3) is 0 Å². The second-order valence-corrected chi connectivity index (χ2v) is 6.63. The van der Waals surface area contributed by atoms with Crippen molar-refractivity contribution in [1.29, 1.82) is 0 Å². The SMILES string of the molecule is Cc1sc(CNc2cc(C(N)=O)ccc2Cl)cc1Br. The Kier molecular flexibility index (Phi) is 4.50. The van der Waals surface area contributed by atoms with Gasteiger partial charge < -0.3 is 11.1 Å². The number of nitrogens with one attached hydrogen (secondary N) is 1. The summed E-state index contributed by atoms with van der Waals surface area (Å²) >= 11 is 11.3. The summed E-state index contributed by atoms with van der Waals surface area (Å²) < 4.78 is 1.10. The number of carbonyl (C=O) groups excluding carboxylic acids is 1. The summed E-state index contributed by atoms with van der Waals surface area (Å²) in [4.78, 5) is 13.5. The van der Waals surface area contributed by atoms with Crippen LogP contribution in [0.3, 0.4) is 0 Å². The van der Waals surface area contributed by atoms with E-state index in [2.05, 4.69) is 34.2 Å². The van der Waals surface area contributed by atoms with Crippen molar-refractivity contribution >= 4 is 50.5 Å². The monoisotopic (exact) mass is 358 g/mol. The highest BCUT2D eigenvalue weighted by Gasteiger charge is 2.07. The molecule has 0 aliphatic carbocycles. The second kappa shape index (κ2) is 5.94. The van der Waals surface area contributed by atoms with Gasteiger partial charge in [-0.15, -0.1) is 11.3 Å². The molecule has 6 heteroatoms. The van der Waals surface area contributed by atoms with E-state index < -0.39 is 5.91 Å². The number of nitrogens with two attached hydrogens (primary N) is 1. The molecule has 0 unspecified atom stereocenters. The van der Waals surface area contributed by atoms with E-state index in [0.29, 0.717) is 22.8 Å². The molecular formula is C13H12BrClN2OS. The number of thiophene rings is 1. The standard InChI is InChI=1S/C13H12BrClN2OS/c1-7-10(14)5-9(19-7)6-17-12-4-8(13(16)18)2-3-11(12)15/h2-5,17H,6H2,1H3,(H2,16,18). The second-order valence-electron chi connectivity index (χ2n) is 4.03. The number of halogens is 2. The van der Waals surface area contributed by atoms with Crippen LogP contribution in [0.15, 0.2) is 28.7 Å². The summed E-state index contributed by atoms with van der Waals surface area (Å²) in [5.41, 5.74) is 6.40.